The minimum Gasteiger partial charge on any atom is -0.320 e. The van der Waals surface area contributed by atoms with E-state index in [0.717, 1.165) is 15.5 Å². The largest absolute Gasteiger partial charge is 0.320 e. The van der Waals surface area contributed by atoms with E-state index in [0.29, 0.717) is 0 Å². The summed E-state index contributed by atoms with van der Waals surface area (Å²) >= 11 is 7.71. The standard InChI is InChI=1S/C10H14ClNS/c1-6(2)4-8(12)10-9(11)7(3)5-13-10/h4-5,8H,12H2,1-3H3. The summed E-state index contributed by atoms with van der Waals surface area (Å²) in [6.45, 7) is 6.07. The maximum atomic E-state index is 6.09. The molecular formula is C10H14ClNS. The van der Waals surface area contributed by atoms with Crippen molar-refractivity contribution in [2.24, 2.45) is 5.73 Å². The quantitative estimate of drug-likeness (QED) is 0.749. The molecule has 1 nitrogen and oxygen atoms in total. The van der Waals surface area contributed by atoms with Crippen molar-refractivity contribution in [1.82, 2.24) is 0 Å². The van der Waals surface area contributed by atoms with Gasteiger partial charge in [-0.05, 0) is 31.7 Å². The first-order valence-corrected chi connectivity index (χ1v) is 5.42. The average molecular weight is 216 g/mol. The smallest absolute Gasteiger partial charge is 0.0593 e. The molecule has 1 atom stereocenters. The third kappa shape index (κ3) is 2.56. The van der Waals surface area contributed by atoms with Gasteiger partial charge in [0.25, 0.3) is 0 Å². The number of halogens is 1. The Balaban J connectivity index is 2.95. The first-order chi connectivity index (χ1) is 6.02. The van der Waals surface area contributed by atoms with Crippen molar-refractivity contribution in [3.05, 3.63) is 32.5 Å². The van der Waals surface area contributed by atoms with E-state index < -0.39 is 0 Å². The van der Waals surface area contributed by atoms with Crippen molar-refractivity contribution in [2.45, 2.75) is 26.8 Å². The molecule has 0 spiro atoms. The minimum atomic E-state index is -0.0591. The highest BCUT2D eigenvalue weighted by molar-refractivity contribution is 7.10. The van der Waals surface area contributed by atoms with Crippen LogP contribution in [-0.4, -0.2) is 0 Å². The van der Waals surface area contributed by atoms with Crippen LogP contribution in [0, 0.1) is 6.92 Å². The molecule has 0 bridgehead atoms. The van der Waals surface area contributed by atoms with Gasteiger partial charge in [-0.3, -0.25) is 0 Å². The van der Waals surface area contributed by atoms with Gasteiger partial charge < -0.3 is 5.73 Å². The second-order valence-electron chi connectivity index (χ2n) is 3.37. The molecule has 0 aliphatic rings. The van der Waals surface area contributed by atoms with Gasteiger partial charge in [0.05, 0.1) is 11.1 Å². The molecule has 1 rings (SSSR count). The Morgan fingerprint density at radius 2 is 2.23 bits per heavy atom. The normalized spacial score (nSPS) is 12.7. The van der Waals surface area contributed by atoms with E-state index in [9.17, 15) is 0 Å². The molecule has 0 aliphatic heterocycles. The molecule has 0 amide bonds. The molecule has 1 unspecified atom stereocenters. The zero-order valence-electron chi connectivity index (χ0n) is 8.10. The molecule has 13 heavy (non-hydrogen) atoms. The third-order valence-corrected chi connectivity index (χ3v) is 3.56. The molecule has 0 aliphatic carbocycles. The molecule has 0 radical (unpaired) electrons. The van der Waals surface area contributed by atoms with Crippen molar-refractivity contribution < 1.29 is 0 Å². The van der Waals surface area contributed by atoms with Crippen LogP contribution in [0.15, 0.2) is 17.0 Å². The van der Waals surface area contributed by atoms with Gasteiger partial charge >= 0.3 is 0 Å². The topological polar surface area (TPSA) is 26.0 Å². The van der Waals surface area contributed by atoms with E-state index >= 15 is 0 Å². The van der Waals surface area contributed by atoms with Crippen molar-refractivity contribution >= 4 is 22.9 Å². The second kappa shape index (κ2) is 4.27. The predicted octanol–water partition coefficient (Wildman–Crippen LogP) is 3.68. The number of hydrogen-bond acceptors (Lipinski definition) is 2. The van der Waals surface area contributed by atoms with Crippen LogP contribution >= 0.6 is 22.9 Å². The van der Waals surface area contributed by atoms with Crippen LogP contribution in [0.1, 0.15) is 30.3 Å². The summed E-state index contributed by atoms with van der Waals surface area (Å²) < 4.78 is 0. The van der Waals surface area contributed by atoms with Crippen molar-refractivity contribution in [1.29, 1.82) is 0 Å². The lowest BCUT2D eigenvalue weighted by Gasteiger charge is -2.05. The van der Waals surface area contributed by atoms with E-state index in [1.807, 2.05) is 32.2 Å². The lowest BCUT2D eigenvalue weighted by atomic mass is 10.1. The van der Waals surface area contributed by atoms with Crippen molar-refractivity contribution in [3.63, 3.8) is 0 Å². The van der Waals surface area contributed by atoms with Gasteiger partial charge in [-0.25, -0.2) is 0 Å². The van der Waals surface area contributed by atoms with Crippen LogP contribution in [0.4, 0.5) is 0 Å². The van der Waals surface area contributed by atoms with Crippen LogP contribution in [0.2, 0.25) is 5.02 Å². The number of allylic oxidation sites excluding steroid dienone is 1. The maximum absolute atomic E-state index is 6.09. The zero-order valence-corrected chi connectivity index (χ0v) is 9.67. The summed E-state index contributed by atoms with van der Waals surface area (Å²) in [5.41, 5.74) is 8.29. The highest BCUT2D eigenvalue weighted by Crippen LogP contribution is 2.32. The molecule has 0 fully saturated rings. The first kappa shape index (κ1) is 10.8. The Bertz CT molecular complexity index is 324. The number of thiophene rings is 1. The minimum absolute atomic E-state index is 0.0591. The Labute approximate surface area is 88.2 Å². The van der Waals surface area contributed by atoms with Crippen LogP contribution < -0.4 is 5.73 Å². The first-order valence-electron chi connectivity index (χ1n) is 4.16. The van der Waals surface area contributed by atoms with Crippen LogP contribution in [0.25, 0.3) is 0 Å². The van der Waals surface area contributed by atoms with E-state index in [4.69, 9.17) is 17.3 Å². The van der Waals surface area contributed by atoms with E-state index in [-0.39, 0.29) is 6.04 Å². The van der Waals surface area contributed by atoms with Crippen molar-refractivity contribution in [3.8, 4) is 0 Å². The Morgan fingerprint density at radius 3 is 2.62 bits per heavy atom. The number of nitrogens with two attached hydrogens (primary N) is 1. The molecule has 0 saturated carbocycles. The van der Waals surface area contributed by atoms with Gasteiger partial charge in [0.15, 0.2) is 0 Å². The fraction of sp³-hybridized carbons (Fsp3) is 0.400. The maximum Gasteiger partial charge on any atom is 0.0593 e. The van der Waals surface area contributed by atoms with Crippen LogP contribution in [0.3, 0.4) is 0 Å². The molecule has 1 aromatic rings. The molecular weight excluding hydrogens is 202 g/mol. The Hall–Kier alpha value is -0.310. The van der Waals surface area contributed by atoms with E-state index in [2.05, 4.69) is 0 Å². The van der Waals surface area contributed by atoms with Crippen molar-refractivity contribution in [2.75, 3.05) is 0 Å². The molecule has 3 heteroatoms. The summed E-state index contributed by atoms with van der Waals surface area (Å²) in [6, 6.07) is -0.0591. The summed E-state index contributed by atoms with van der Waals surface area (Å²) in [5.74, 6) is 0. The molecule has 72 valence electrons. The third-order valence-electron chi connectivity index (χ3n) is 1.74. The van der Waals surface area contributed by atoms with Gasteiger partial charge in [0.1, 0.15) is 0 Å². The van der Waals surface area contributed by atoms with E-state index in [1.165, 1.54) is 5.57 Å². The van der Waals surface area contributed by atoms with Gasteiger partial charge in [-0.1, -0.05) is 23.3 Å². The monoisotopic (exact) mass is 215 g/mol. The Morgan fingerprint density at radius 1 is 1.62 bits per heavy atom. The van der Waals surface area contributed by atoms with Crippen LogP contribution in [-0.2, 0) is 0 Å². The Kier molecular flexibility index (Phi) is 3.54. The lowest BCUT2D eigenvalue weighted by Crippen LogP contribution is -2.05. The number of aryl methyl sites for hydroxylation is 1. The summed E-state index contributed by atoms with van der Waals surface area (Å²) in [7, 11) is 0. The molecule has 2 N–H and O–H groups in total. The van der Waals surface area contributed by atoms with Gasteiger partial charge in [0.2, 0.25) is 0 Å². The lowest BCUT2D eigenvalue weighted by molar-refractivity contribution is 0.922. The van der Waals surface area contributed by atoms with Crippen LogP contribution in [0.5, 0.6) is 0 Å². The number of hydrogen-bond donors (Lipinski definition) is 1. The average Bonchev–Trinajstić information content (AvgIpc) is 2.31. The number of rotatable bonds is 2. The molecule has 1 heterocycles. The SMILES string of the molecule is CC(C)=CC(N)c1scc(C)c1Cl. The fourth-order valence-corrected chi connectivity index (χ4v) is 2.40. The summed E-state index contributed by atoms with van der Waals surface area (Å²) in [6.07, 6.45) is 2.02. The zero-order chi connectivity index (χ0) is 10.0. The summed E-state index contributed by atoms with van der Waals surface area (Å²) in [4.78, 5) is 1.06. The van der Waals surface area contributed by atoms with Gasteiger partial charge in [0, 0.05) is 4.88 Å². The molecule has 0 aromatic carbocycles. The highest BCUT2D eigenvalue weighted by Gasteiger charge is 2.11. The molecule has 0 saturated heterocycles. The highest BCUT2D eigenvalue weighted by atomic mass is 35.5. The predicted molar refractivity (Wildman–Crippen MR) is 60.4 cm³/mol. The van der Waals surface area contributed by atoms with Gasteiger partial charge in [-0.2, -0.15) is 0 Å². The van der Waals surface area contributed by atoms with Gasteiger partial charge in [-0.15, -0.1) is 11.3 Å². The van der Waals surface area contributed by atoms with E-state index in [1.54, 1.807) is 11.3 Å². The summed E-state index contributed by atoms with van der Waals surface area (Å²) in [5, 5.41) is 2.85. The second-order valence-corrected chi connectivity index (χ2v) is 4.66. The molecule has 1 aromatic heterocycles. The fourth-order valence-electron chi connectivity index (χ4n) is 1.11.